The number of nitrogens with zero attached hydrogens (tertiary/aromatic N) is 1. The molecule has 0 saturated heterocycles. The van der Waals surface area contributed by atoms with E-state index in [-0.39, 0.29) is 17.9 Å². The van der Waals surface area contributed by atoms with E-state index in [0.29, 0.717) is 5.76 Å². The zero-order valence-electron chi connectivity index (χ0n) is 14.7. The molecule has 0 bridgehead atoms. The lowest BCUT2D eigenvalue weighted by Crippen LogP contribution is -2.42. The van der Waals surface area contributed by atoms with Crippen LogP contribution in [0.4, 0.5) is 0 Å². The van der Waals surface area contributed by atoms with Gasteiger partial charge in [0.15, 0.2) is 16.4 Å². The lowest BCUT2D eigenvalue weighted by Gasteiger charge is -2.27. The fourth-order valence-electron chi connectivity index (χ4n) is 2.81. The second-order valence-electron chi connectivity index (χ2n) is 6.20. The van der Waals surface area contributed by atoms with Gasteiger partial charge < -0.3 is 14.1 Å². The molecule has 8 heteroatoms. The number of hydrogen-bond donors (Lipinski definition) is 0. The summed E-state index contributed by atoms with van der Waals surface area (Å²) >= 11 is 0. The van der Waals surface area contributed by atoms with Crippen molar-refractivity contribution in [3.63, 3.8) is 0 Å². The first kappa shape index (κ1) is 18.9. The maximum atomic E-state index is 12.7. The van der Waals surface area contributed by atoms with Crippen LogP contribution < -0.4 is 0 Å². The maximum Gasteiger partial charge on any atom is 0.342 e. The SMILES string of the molecule is Cc1occc1C(=O)OCC(=O)N(Cc1ccccc1)[C@@H]1C=CS(=O)(=O)C1. The van der Waals surface area contributed by atoms with Crippen LogP contribution in [0.1, 0.15) is 21.7 Å². The predicted molar refractivity (Wildman–Crippen MR) is 97.4 cm³/mol. The summed E-state index contributed by atoms with van der Waals surface area (Å²) in [4.78, 5) is 26.2. The Labute approximate surface area is 157 Å². The lowest BCUT2D eigenvalue weighted by atomic mass is 10.2. The second kappa shape index (κ2) is 7.79. The Balaban J connectivity index is 1.71. The van der Waals surface area contributed by atoms with Gasteiger partial charge in [0.05, 0.1) is 18.1 Å². The van der Waals surface area contributed by atoms with Crippen molar-refractivity contribution in [2.24, 2.45) is 0 Å². The monoisotopic (exact) mass is 389 g/mol. The number of furan rings is 1. The number of benzene rings is 1. The fraction of sp³-hybridized carbons (Fsp3) is 0.263. The largest absolute Gasteiger partial charge is 0.469 e. The number of ether oxygens (including phenoxy) is 1. The highest BCUT2D eigenvalue weighted by atomic mass is 32.2. The van der Waals surface area contributed by atoms with Gasteiger partial charge in [0.25, 0.3) is 5.91 Å². The molecule has 0 N–H and O–H groups in total. The Morgan fingerprint density at radius 1 is 1.22 bits per heavy atom. The molecular formula is C19H19NO6S. The molecule has 27 heavy (non-hydrogen) atoms. The average Bonchev–Trinajstić information content (AvgIpc) is 3.23. The molecule has 2 aromatic rings. The number of sulfone groups is 1. The van der Waals surface area contributed by atoms with Gasteiger partial charge in [0.1, 0.15) is 11.3 Å². The minimum Gasteiger partial charge on any atom is -0.469 e. The van der Waals surface area contributed by atoms with Crippen LogP contribution >= 0.6 is 0 Å². The van der Waals surface area contributed by atoms with Crippen LogP contribution in [-0.4, -0.2) is 43.6 Å². The summed E-state index contributed by atoms with van der Waals surface area (Å²) in [5, 5.41) is 1.11. The quantitative estimate of drug-likeness (QED) is 0.702. The topological polar surface area (TPSA) is 93.9 Å². The molecule has 3 rings (SSSR count). The van der Waals surface area contributed by atoms with E-state index in [0.717, 1.165) is 11.0 Å². The Morgan fingerprint density at radius 3 is 2.56 bits per heavy atom. The van der Waals surface area contributed by atoms with Gasteiger partial charge in [-0.05, 0) is 24.6 Å². The molecule has 0 radical (unpaired) electrons. The molecule has 142 valence electrons. The number of carbonyl (C=O) groups excluding carboxylic acids is 2. The third-order valence-corrected chi connectivity index (χ3v) is 5.61. The third kappa shape index (κ3) is 4.65. The number of hydrogen-bond acceptors (Lipinski definition) is 6. The zero-order chi connectivity index (χ0) is 19.4. The lowest BCUT2D eigenvalue weighted by molar-refractivity contribution is -0.136. The van der Waals surface area contributed by atoms with Crippen LogP contribution in [0.15, 0.2) is 58.6 Å². The Kier molecular flexibility index (Phi) is 5.46. The molecule has 1 aromatic carbocycles. The maximum absolute atomic E-state index is 12.7. The molecule has 0 saturated carbocycles. The highest BCUT2D eigenvalue weighted by molar-refractivity contribution is 7.94. The van der Waals surface area contributed by atoms with Crippen LogP contribution in [0.25, 0.3) is 0 Å². The highest BCUT2D eigenvalue weighted by Gasteiger charge is 2.31. The van der Waals surface area contributed by atoms with Crippen LogP contribution in [0.2, 0.25) is 0 Å². The van der Waals surface area contributed by atoms with E-state index >= 15 is 0 Å². The first-order chi connectivity index (χ1) is 12.9. The highest BCUT2D eigenvalue weighted by Crippen LogP contribution is 2.18. The molecule has 1 amide bonds. The van der Waals surface area contributed by atoms with Crippen LogP contribution in [-0.2, 0) is 25.9 Å². The van der Waals surface area contributed by atoms with Gasteiger partial charge in [-0.3, -0.25) is 4.79 Å². The third-order valence-electron chi connectivity index (χ3n) is 4.23. The van der Waals surface area contributed by atoms with E-state index in [4.69, 9.17) is 9.15 Å². The van der Waals surface area contributed by atoms with Gasteiger partial charge in [-0.15, -0.1) is 0 Å². The van der Waals surface area contributed by atoms with Crippen LogP contribution in [0.5, 0.6) is 0 Å². The molecule has 1 aromatic heterocycles. The summed E-state index contributed by atoms with van der Waals surface area (Å²) in [5.74, 6) is -0.914. The Hall–Kier alpha value is -2.87. The minimum absolute atomic E-state index is 0.180. The number of rotatable bonds is 6. The average molecular weight is 389 g/mol. The summed E-state index contributed by atoms with van der Waals surface area (Å²) in [5.41, 5.74) is 1.10. The van der Waals surface area contributed by atoms with E-state index in [1.807, 2.05) is 30.3 Å². The predicted octanol–water partition coefficient (Wildman–Crippen LogP) is 2.08. The van der Waals surface area contributed by atoms with Gasteiger partial charge in [0.2, 0.25) is 0 Å². The van der Waals surface area contributed by atoms with E-state index < -0.39 is 34.4 Å². The molecule has 0 unspecified atom stereocenters. The number of amides is 1. The van der Waals surface area contributed by atoms with Crippen molar-refractivity contribution in [3.8, 4) is 0 Å². The normalized spacial score (nSPS) is 17.6. The smallest absolute Gasteiger partial charge is 0.342 e. The number of esters is 1. The van der Waals surface area contributed by atoms with Gasteiger partial charge in [-0.1, -0.05) is 30.3 Å². The Bertz CT molecular complexity index is 961. The van der Waals surface area contributed by atoms with E-state index in [1.165, 1.54) is 23.3 Å². The molecule has 0 spiro atoms. The molecule has 2 heterocycles. The summed E-state index contributed by atoms with van der Waals surface area (Å²) in [6, 6.07) is 10.1. The first-order valence-corrected chi connectivity index (χ1v) is 10.0. The molecule has 0 aliphatic carbocycles. The van der Waals surface area contributed by atoms with Crippen LogP contribution in [0.3, 0.4) is 0 Å². The van der Waals surface area contributed by atoms with Gasteiger partial charge in [-0.2, -0.15) is 0 Å². The number of carbonyl (C=O) groups is 2. The van der Waals surface area contributed by atoms with Gasteiger partial charge >= 0.3 is 5.97 Å². The summed E-state index contributed by atoms with van der Waals surface area (Å²) in [6.07, 6.45) is 2.85. The van der Waals surface area contributed by atoms with Crippen molar-refractivity contribution in [1.82, 2.24) is 4.90 Å². The van der Waals surface area contributed by atoms with Crippen molar-refractivity contribution in [2.75, 3.05) is 12.4 Å². The summed E-state index contributed by atoms with van der Waals surface area (Å²) in [6.45, 7) is 1.35. The van der Waals surface area contributed by atoms with Crippen molar-refractivity contribution in [1.29, 1.82) is 0 Å². The molecule has 1 aliphatic heterocycles. The summed E-state index contributed by atoms with van der Waals surface area (Å²) in [7, 11) is -3.33. The van der Waals surface area contributed by atoms with E-state index in [2.05, 4.69) is 0 Å². The Morgan fingerprint density at radius 2 is 1.96 bits per heavy atom. The van der Waals surface area contributed by atoms with Crippen molar-refractivity contribution in [3.05, 3.63) is 71.0 Å². The van der Waals surface area contributed by atoms with Crippen molar-refractivity contribution in [2.45, 2.75) is 19.5 Å². The minimum atomic E-state index is -3.33. The van der Waals surface area contributed by atoms with E-state index in [9.17, 15) is 18.0 Å². The molecule has 1 aliphatic rings. The van der Waals surface area contributed by atoms with Gasteiger partial charge in [0, 0.05) is 12.0 Å². The second-order valence-corrected chi connectivity index (χ2v) is 8.13. The molecular weight excluding hydrogens is 370 g/mol. The standard InChI is InChI=1S/C19H19NO6S/c1-14-17(7-9-25-14)19(22)26-12-18(21)20(11-15-5-3-2-4-6-15)16-8-10-27(23,24)13-16/h2-10,16H,11-13H2,1H3/t16-/m1/s1. The van der Waals surface area contributed by atoms with Crippen molar-refractivity contribution >= 4 is 21.7 Å². The zero-order valence-corrected chi connectivity index (χ0v) is 15.5. The summed E-state index contributed by atoms with van der Waals surface area (Å²) < 4.78 is 33.7. The van der Waals surface area contributed by atoms with Crippen molar-refractivity contribution < 1.29 is 27.2 Å². The molecule has 7 nitrogen and oxygen atoms in total. The molecule has 1 atom stereocenters. The first-order valence-electron chi connectivity index (χ1n) is 8.31. The fourth-order valence-corrected chi connectivity index (χ4v) is 4.11. The van der Waals surface area contributed by atoms with Gasteiger partial charge in [-0.25, -0.2) is 13.2 Å². The van der Waals surface area contributed by atoms with E-state index in [1.54, 1.807) is 6.92 Å². The van der Waals surface area contributed by atoms with Crippen LogP contribution in [0, 0.1) is 6.92 Å². The molecule has 0 fully saturated rings. The number of aryl methyl sites for hydroxylation is 1.